The molecule has 2 amide bonds. The van der Waals surface area contributed by atoms with Gasteiger partial charge >= 0.3 is 0 Å². The third-order valence-corrected chi connectivity index (χ3v) is 4.11. The number of aryl methyl sites for hydroxylation is 1. The van der Waals surface area contributed by atoms with Crippen LogP contribution in [0.25, 0.3) is 10.7 Å². The maximum Gasteiger partial charge on any atom is 0.227 e. The third kappa shape index (κ3) is 4.74. The van der Waals surface area contributed by atoms with E-state index < -0.39 is 0 Å². The summed E-state index contributed by atoms with van der Waals surface area (Å²) in [6, 6.07) is 10.8. The lowest BCUT2D eigenvalue weighted by atomic mass is 10.2. The van der Waals surface area contributed by atoms with Gasteiger partial charge in [-0.05, 0) is 29.6 Å². The number of carbonyl (C=O) groups is 2. The van der Waals surface area contributed by atoms with Gasteiger partial charge in [0.15, 0.2) is 0 Å². The monoisotopic (exact) mass is 356 g/mol. The molecule has 2 aromatic heterocycles. The molecule has 0 aliphatic rings. The molecule has 0 aliphatic carbocycles. The zero-order valence-electron chi connectivity index (χ0n) is 13.5. The predicted octanol–water partition coefficient (Wildman–Crippen LogP) is 3.33. The summed E-state index contributed by atoms with van der Waals surface area (Å²) in [5.74, 6) is 0.622. The van der Waals surface area contributed by atoms with Gasteiger partial charge < -0.3 is 15.2 Å². The highest BCUT2D eigenvalue weighted by molar-refractivity contribution is 7.13. The van der Waals surface area contributed by atoms with Gasteiger partial charge in [0.05, 0.1) is 4.88 Å². The Hall–Kier alpha value is -3.00. The Balaban J connectivity index is 1.54. The third-order valence-electron chi connectivity index (χ3n) is 3.24. The molecular weight excluding hydrogens is 340 g/mol. The van der Waals surface area contributed by atoms with Crippen LogP contribution in [0.2, 0.25) is 0 Å². The largest absolute Gasteiger partial charge is 0.339 e. The maximum atomic E-state index is 12.1. The number of carbonyl (C=O) groups excluding carboxylic acids is 2. The summed E-state index contributed by atoms with van der Waals surface area (Å²) in [4.78, 5) is 28.3. The molecule has 2 heterocycles. The molecule has 3 aromatic rings. The van der Waals surface area contributed by atoms with E-state index in [-0.39, 0.29) is 18.2 Å². The molecule has 7 nitrogen and oxygen atoms in total. The van der Waals surface area contributed by atoms with Crippen molar-refractivity contribution in [1.29, 1.82) is 0 Å². The molecule has 8 heteroatoms. The molecule has 25 heavy (non-hydrogen) atoms. The second-order valence-corrected chi connectivity index (χ2v) is 6.25. The second-order valence-electron chi connectivity index (χ2n) is 5.30. The Morgan fingerprint density at radius 2 is 1.96 bits per heavy atom. The summed E-state index contributed by atoms with van der Waals surface area (Å²) in [6.07, 6.45) is 0.575. The summed E-state index contributed by atoms with van der Waals surface area (Å²) in [5.41, 5.74) is 1.24. The summed E-state index contributed by atoms with van der Waals surface area (Å²) < 4.78 is 5.17. The van der Waals surface area contributed by atoms with Crippen LogP contribution in [0, 0.1) is 0 Å². The van der Waals surface area contributed by atoms with Crippen LogP contribution in [0.5, 0.6) is 0 Å². The van der Waals surface area contributed by atoms with Crippen LogP contribution in [0.3, 0.4) is 0 Å². The summed E-state index contributed by atoms with van der Waals surface area (Å²) in [6.45, 7) is 1.43. The zero-order chi connectivity index (χ0) is 17.6. The van der Waals surface area contributed by atoms with Gasteiger partial charge in [0.25, 0.3) is 0 Å². The van der Waals surface area contributed by atoms with Crippen molar-refractivity contribution < 1.29 is 14.1 Å². The van der Waals surface area contributed by atoms with Crippen molar-refractivity contribution in [3.05, 3.63) is 47.7 Å². The minimum Gasteiger partial charge on any atom is -0.339 e. The van der Waals surface area contributed by atoms with Gasteiger partial charge in [-0.3, -0.25) is 9.59 Å². The number of benzene rings is 1. The van der Waals surface area contributed by atoms with E-state index in [0.29, 0.717) is 29.5 Å². The number of hydrogen-bond donors (Lipinski definition) is 2. The highest BCUT2D eigenvalue weighted by Gasteiger charge is 2.11. The molecule has 0 unspecified atom stereocenters. The van der Waals surface area contributed by atoms with Crippen LogP contribution in [0.15, 0.2) is 46.3 Å². The first-order valence-corrected chi connectivity index (χ1v) is 8.52. The average molecular weight is 356 g/mol. The quantitative estimate of drug-likeness (QED) is 0.706. The fourth-order valence-corrected chi connectivity index (χ4v) is 2.83. The number of anilines is 2. The van der Waals surface area contributed by atoms with Gasteiger partial charge in [-0.15, -0.1) is 11.3 Å². The zero-order valence-corrected chi connectivity index (χ0v) is 14.3. The lowest BCUT2D eigenvalue weighted by molar-refractivity contribution is -0.116. The Labute approximate surface area is 148 Å². The van der Waals surface area contributed by atoms with Crippen LogP contribution in [0.1, 0.15) is 19.2 Å². The molecule has 128 valence electrons. The van der Waals surface area contributed by atoms with Gasteiger partial charge in [-0.25, -0.2) is 0 Å². The number of aromatic nitrogens is 2. The first-order chi connectivity index (χ1) is 12.1. The fraction of sp³-hybridized carbons (Fsp3) is 0.176. The minimum atomic E-state index is -0.171. The number of amides is 2. The topological polar surface area (TPSA) is 97.1 Å². The van der Waals surface area contributed by atoms with E-state index in [0.717, 1.165) is 4.88 Å². The van der Waals surface area contributed by atoms with Crippen molar-refractivity contribution in [2.24, 2.45) is 0 Å². The van der Waals surface area contributed by atoms with Gasteiger partial charge in [0.1, 0.15) is 0 Å². The summed E-state index contributed by atoms with van der Waals surface area (Å²) in [5, 5.41) is 11.3. The molecule has 0 saturated carbocycles. The van der Waals surface area contributed by atoms with E-state index in [1.807, 2.05) is 17.5 Å². The van der Waals surface area contributed by atoms with Gasteiger partial charge in [0.2, 0.25) is 23.5 Å². The van der Waals surface area contributed by atoms with E-state index in [2.05, 4.69) is 20.8 Å². The number of rotatable bonds is 6. The van der Waals surface area contributed by atoms with Crippen molar-refractivity contribution in [1.82, 2.24) is 10.1 Å². The van der Waals surface area contributed by atoms with Crippen LogP contribution in [-0.4, -0.2) is 22.0 Å². The Kier molecular flexibility index (Phi) is 5.20. The van der Waals surface area contributed by atoms with E-state index in [9.17, 15) is 9.59 Å². The average Bonchev–Trinajstić information content (AvgIpc) is 3.24. The molecule has 1 aromatic carbocycles. The Morgan fingerprint density at radius 3 is 2.68 bits per heavy atom. The van der Waals surface area contributed by atoms with Crippen LogP contribution >= 0.6 is 11.3 Å². The smallest absolute Gasteiger partial charge is 0.227 e. The van der Waals surface area contributed by atoms with Gasteiger partial charge in [0, 0.05) is 31.1 Å². The SMILES string of the molecule is CC(=O)Nc1cccc(NC(=O)CCc2nc(-c3cccs3)no2)c1. The maximum absolute atomic E-state index is 12.1. The molecule has 0 radical (unpaired) electrons. The lowest BCUT2D eigenvalue weighted by Gasteiger charge is -2.07. The predicted molar refractivity (Wildman–Crippen MR) is 95.3 cm³/mol. The molecule has 2 N–H and O–H groups in total. The Bertz CT molecular complexity index is 874. The van der Waals surface area contributed by atoms with Gasteiger partial charge in [-0.2, -0.15) is 4.98 Å². The molecule has 0 aliphatic heterocycles. The lowest BCUT2D eigenvalue weighted by Crippen LogP contribution is -2.13. The molecule has 0 bridgehead atoms. The summed E-state index contributed by atoms with van der Waals surface area (Å²) >= 11 is 1.53. The van der Waals surface area contributed by atoms with Crippen molar-refractivity contribution >= 4 is 34.5 Å². The Morgan fingerprint density at radius 1 is 1.16 bits per heavy atom. The van der Waals surface area contributed by atoms with E-state index in [1.54, 1.807) is 24.3 Å². The first kappa shape index (κ1) is 16.8. The molecule has 0 spiro atoms. The molecule has 0 fully saturated rings. The van der Waals surface area contributed by atoms with Crippen molar-refractivity contribution in [3.63, 3.8) is 0 Å². The highest BCUT2D eigenvalue weighted by atomic mass is 32.1. The van der Waals surface area contributed by atoms with E-state index in [4.69, 9.17) is 4.52 Å². The van der Waals surface area contributed by atoms with Crippen molar-refractivity contribution in [2.75, 3.05) is 10.6 Å². The molecular formula is C17H16N4O3S. The number of nitrogens with one attached hydrogen (secondary N) is 2. The number of hydrogen-bond acceptors (Lipinski definition) is 6. The first-order valence-electron chi connectivity index (χ1n) is 7.64. The summed E-state index contributed by atoms with van der Waals surface area (Å²) in [7, 11) is 0. The number of thiophene rings is 1. The normalized spacial score (nSPS) is 10.4. The molecule has 0 atom stereocenters. The highest BCUT2D eigenvalue weighted by Crippen LogP contribution is 2.21. The second kappa shape index (κ2) is 7.71. The molecule has 0 saturated heterocycles. The number of nitrogens with zero attached hydrogens (tertiary/aromatic N) is 2. The van der Waals surface area contributed by atoms with Crippen LogP contribution in [0.4, 0.5) is 11.4 Å². The van der Waals surface area contributed by atoms with Crippen molar-refractivity contribution in [3.8, 4) is 10.7 Å². The minimum absolute atomic E-state index is 0.165. The van der Waals surface area contributed by atoms with Gasteiger partial charge in [-0.1, -0.05) is 17.3 Å². The standard InChI is InChI=1S/C17H16N4O3S/c1-11(22)18-12-4-2-5-13(10-12)19-15(23)7-8-16-20-17(21-24-16)14-6-3-9-25-14/h2-6,9-10H,7-8H2,1H3,(H,18,22)(H,19,23). The van der Waals surface area contributed by atoms with Crippen LogP contribution in [-0.2, 0) is 16.0 Å². The van der Waals surface area contributed by atoms with E-state index in [1.165, 1.54) is 18.3 Å². The molecule has 3 rings (SSSR count). The van der Waals surface area contributed by atoms with E-state index >= 15 is 0 Å². The fourth-order valence-electron chi connectivity index (χ4n) is 2.18. The van der Waals surface area contributed by atoms with Crippen LogP contribution < -0.4 is 10.6 Å². The van der Waals surface area contributed by atoms with Crippen molar-refractivity contribution in [2.45, 2.75) is 19.8 Å².